The SMILES string of the molecule is C[C@H](N)c1ncccc1-c1ccc(Br)cn1. The van der Waals surface area contributed by atoms with Crippen molar-refractivity contribution in [3.8, 4) is 11.3 Å². The van der Waals surface area contributed by atoms with Crippen LogP contribution in [-0.2, 0) is 0 Å². The van der Waals surface area contributed by atoms with Crippen molar-refractivity contribution >= 4 is 15.9 Å². The highest BCUT2D eigenvalue weighted by Gasteiger charge is 2.10. The lowest BCUT2D eigenvalue weighted by Crippen LogP contribution is -2.09. The summed E-state index contributed by atoms with van der Waals surface area (Å²) in [5.41, 5.74) is 8.64. The van der Waals surface area contributed by atoms with Gasteiger partial charge in [-0.25, -0.2) is 0 Å². The van der Waals surface area contributed by atoms with Crippen molar-refractivity contribution in [3.63, 3.8) is 0 Å². The molecule has 2 heterocycles. The molecule has 2 aromatic heterocycles. The molecule has 0 aliphatic rings. The van der Waals surface area contributed by atoms with Gasteiger partial charge in [0.15, 0.2) is 0 Å². The van der Waals surface area contributed by atoms with E-state index in [1.54, 1.807) is 12.4 Å². The first-order chi connectivity index (χ1) is 7.68. The largest absolute Gasteiger partial charge is 0.323 e. The molecule has 0 saturated carbocycles. The average Bonchev–Trinajstić information content (AvgIpc) is 2.30. The Kier molecular flexibility index (Phi) is 3.31. The van der Waals surface area contributed by atoms with Crippen LogP contribution in [0.5, 0.6) is 0 Å². The number of halogens is 1. The van der Waals surface area contributed by atoms with E-state index >= 15 is 0 Å². The lowest BCUT2D eigenvalue weighted by Gasteiger charge is -2.10. The van der Waals surface area contributed by atoms with E-state index in [9.17, 15) is 0 Å². The van der Waals surface area contributed by atoms with Crippen molar-refractivity contribution in [2.24, 2.45) is 5.73 Å². The van der Waals surface area contributed by atoms with E-state index in [1.165, 1.54) is 0 Å². The second-order valence-corrected chi connectivity index (χ2v) is 4.50. The molecule has 2 N–H and O–H groups in total. The molecule has 1 atom stereocenters. The van der Waals surface area contributed by atoms with Crippen molar-refractivity contribution in [1.82, 2.24) is 9.97 Å². The number of hydrogen-bond donors (Lipinski definition) is 1. The Morgan fingerprint density at radius 2 is 2.06 bits per heavy atom. The van der Waals surface area contributed by atoms with E-state index in [-0.39, 0.29) is 6.04 Å². The zero-order chi connectivity index (χ0) is 11.5. The molecule has 0 fully saturated rings. The fraction of sp³-hybridized carbons (Fsp3) is 0.167. The zero-order valence-corrected chi connectivity index (χ0v) is 10.5. The molecule has 2 aromatic rings. The summed E-state index contributed by atoms with van der Waals surface area (Å²) in [7, 11) is 0. The van der Waals surface area contributed by atoms with E-state index in [1.807, 2.05) is 31.2 Å². The first-order valence-electron chi connectivity index (χ1n) is 5.01. The molecule has 0 radical (unpaired) electrons. The Morgan fingerprint density at radius 3 is 2.69 bits per heavy atom. The van der Waals surface area contributed by atoms with Gasteiger partial charge in [-0.1, -0.05) is 0 Å². The Labute approximate surface area is 103 Å². The van der Waals surface area contributed by atoms with Gasteiger partial charge in [0.2, 0.25) is 0 Å². The smallest absolute Gasteiger partial charge is 0.0721 e. The molecule has 0 aliphatic heterocycles. The fourth-order valence-electron chi connectivity index (χ4n) is 1.53. The van der Waals surface area contributed by atoms with Crippen LogP contribution in [0, 0.1) is 0 Å². The Morgan fingerprint density at radius 1 is 1.25 bits per heavy atom. The second kappa shape index (κ2) is 4.72. The molecule has 3 nitrogen and oxygen atoms in total. The van der Waals surface area contributed by atoms with Crippen molar-refractivity contribution in [2.75, 3.05) is 0 Å². The predicted molar refractivity (Wildman–Crippen MR) is 67.8 cm³/mol. The third-order valence-electron chi connectivity index (χ3n) is 2.27. The van der Waals surface area contributed by atoms with Crippen molar-refractivity contribution in [2.45, 2.75) is 13.0 Å². The molecule has 2 rings (SSSR count). The standard InChI is InChI=1S/C12H12BrN3/c1-8(14)12-10(3-2-6-15-12)11-5-4-9(13)7-16-11/h2-8H,14H2,1H3/t8-/m0/s1. The van der Waals surface area contributed by atoms with Gasteiger partial charge in [-0.15, -0.1) is 0 Å². The average molecular weight is 278 g/mol. The molecule has 0 bridgehead atoms. The normalized spacial score (nSPS) is 12.4. The van der Waals surface area contributed by atoms with E-state index in [4.69, 9.17) is 5.73 Å². The molecule has 4 heteroatoms. The lowest BCUT2D eigenvalue weighted by atomic mass is 10.1. The van der Waals surface area contributed by atoms with Crippen LogP contribution in [0.25, 0.3) is 11.3 Å². The maximum Gasteiger partial charge on any atom is 0.0721 e. The number of aromatic nitrogens is 2. The minimum Gasteiger partial charge on any atom is -0.323 e. The molecule has 0 amide bonds. The first-order valence-corrected chi connectivity index (χ1v) is 5.80. The summed E-state index contributed by atoms with van der Waals surface area (Å²) in [5, 5.41) is 0. The van der Waals surface area contributed by atoms with Gasteiger partial charge >= 0.3 is 0 Å². The minimum atomic E-state index is -0.0957. The summed E-state index contributed by atoms with van der Waals surface area (Å²) in [6, 6.07) is 7.70. The number of rotatable bonds is 2. The van der Waals surface area contributed by atoms with Crippen LogP contribution >= 0.6 is 15.9 Å². The van der Waals surface area contributed by atoms with Gasteiger partial charge in [-0.05, 0) is 47.1 Å². The fourth-order valence-corrected chi connectivity index (χ4v) is 1.77. The van der Waals surface area contributed by atoms with Crippen LogP contribution in [0.2, 0.25) is 0 Å². The van der Waals surface area contributed by atoms with Crippen LogP contribution in [0.15, 0.2) is 41.1 Å². The number of nitrogens with two attached hydrogens (primary N) is 1. The highest BCUT2D eigenvalue weighted by Crippen LogP contribution is 2.24. The van der Waals surface area contributed by atoms with Gasteiger partial charge in [0, 0.05) is 28.5 Å². The van der Waals surface area contributed by atoms with E-state index in [0.29, 0.717) is 0 Å². The van der Waals surface area contributed by atoms with Gasteiger partial charge in [0.25, 0.3) is 0 Å². The topological polar surface area (TPSA) is 51.8 Å². The van der Waals surface area contributed by atoms with Gasteiger partial charge in [0.1, 0.15) is 0 Å². The molecule has 0 aromatic carbocycles. The van der Waals surface area contributed by atoms with Gasteiger partial charge < -0.3 is 5.73 Å². The van der Waals surface area contributed by atoms with Gasteiger partial charge in [-0.2, -0.15) is 0 Å². The van der Waals surface area contributed by atoms with Crippen LogP contribution in [-0.4, -0.2) is 9.97 Å². The van der Waals surface area contributed by atoms with Crippen molar-refractivity contribution < 1.29 is 0 Å². The molecule has 0 spiro atoms. The van der Waals surface area contributed by atoms with Gasteiger partial charge in [0.05, 0.1) is 11.4 Å². The van der Waals surface area contributed by atoms with E-state index in [0.717, 1.165) is 21.4 Å². The number of pyridine rings is 2. The molecule has 0 aliphatic carbocycles. The van der Waals surface area contributed by atoms with E-state index in [2.05, 4.69) is 25.9 Å². The third-order valence-corrected chi connectivity index (χ3v) is 2.74. The highest BCUT2D eigenvalue weighted by atomic mass is 79.9. The summed E-state index contributed by atoms with van der Waals surface area (Å²) in [6.07, 6.45) is 3.52. The van der Waals surface area contributed by atoms with E-state index < -0.39 is 0 Å². The highest BCUT2D eigenvalue weighted by molar-refractivity contribution is 9.10. The molecular weight excluding hydrogens is 266 g/mol. The zero-order valence-electron chi connectivity index (χ0n) is 8.89. The van der Waals surface area contributed by atoms with Crippen molar-refractivity contribution in [3.05, 3.63) is 46.8 Å². The van der Waals surface area contributed by atoms with Crippen LogP contribution in [0.1, 0.15) is 18.7 Å². The summed E-state index contributed by atoms with van der Waals surface area (Å²) >= 11 is 3.36. The summed E-state index contributed by atoms with van der Waals surface area (Å²) in [6.45, 7) is 1.92. The molecule has 16 heavy (non-hydrogen) atoms. The Bertz CT molecular complexity index is 480. The summed E-state index contributed by atoms with van der Waals surface area (Å²) < 4.78 is 0.961. The maximum atomic E-state index is 5.88. The third kappa shape index (κ3) is 2.28. The minimum absolute atomic E-state index is 0.0957. The van der Waals surface area contributed by atoms with Crippen molar-refractivity contribution in [1.29, 1.82) is 0 Å². The quantitative estimate of drug-likeness (QED) is 0.918. The van der Waals surface area contributed by atoms with Crippen LogP contribution in [0.4, 0.5) is 0 Å². The lowest BCUT2D eigenvalue weighted by molar-refractivity contribution is 0.783. The Balaban J connectivity index is 2.51. The first kappa shape index (κ1) is 11.2. The maximum absolute atomic E-state index is 5.88. The Hall–Kier alpha value is -1.26. The molecule has 0 unspecified atom stereocenters. The van der Waals surface area contributed by atoms with Crippen LogP contribution < -0.4 is 5.73 Å². The second-order valence-electron chi connectivity index (χ2n) is 3.59. The predicted octanol–water partition coefficient (Wildman–Crippen LogP) is 2.93. The monoisotopic (exact) mass is 277 g/mol. The number of hydrogen-bond acceptors (Lipinski definition) is 3. The molecule has 82 valence electrons. The molecule has 0 saturated heterocycles. The van der Waals surface area contributed by atoms with Crippen LogP contribution in [0.3, 0.4) is 0 Å². The summed E-state index contributed by atoms with van der Waals surface area (Å²) in [4.78, 5) is 8.65. The summed E-state index contributed by atoms with van der Waals surface area (Å²) in [5.74, 6) is 0. The molecular formula is C12H12BrN3. The van der Waals surface area contributed by atoms with Gasteiger partial charge in [-0.3, -0.25) is 9.97 Å². The number of nitrogens with zero attached hydrogens (tertiary/aromatic N) is 2.